The maximum absolute atomic E-state index is 5.60. The van der Waals surface area contributed by atoms with Gasteiger partial charge in [0.25, 0.3) is 0 Å². The molecule has 0 spiro atoms. The molecule has 1 aromatic rings. The van der Waals surface area contributed by atoms with Crippen molar-refractivity contribution in [2.75, 3.05) is 0 Å². The molecule has 3 heteroatoms. The molecule has 2 atom stereocenters. The number of aromatic nitrogens is 1. The minimum Gasteiger partial charge on any atom is -0.271 e. The van der Waals surface area contributed by atoms with Crippen molar-refractivity contribution in [3.8, 4) is 0 Å². The highest BCUT2D eigenvalue weighted by Crippen LogP contribution is 2.23. The lowest BCUT2D eigenvalue weighted by molar-refractivity contribution is 0.361. The van der Waals surface area contributed by atoms with Crippen LogP contribution in [0, 0.1) is 12.8 Å². The summed E-state index contributed by atoms with van der Waals surface area (Å²) in [7, 11) is 0. The number of rotatable bonds is 5. The standard InChI is InChI=1S/C12H21N3/c1-4-6-9(2)12(15-13)11-8-5-7-10(3)14-11/h5,7-9,12,15H,4,6,13H2,1-3H3. The molecular formula is C12H21N3. The van der Waals surface area contributed by atoms with Crippen LogP contribution in [-0.4, -0.2) is 4.98 Å². The van der Waals surface area contributed by atoms with E-state index in [4.69, 9.17) is 5.84 Å². The molecule has 2 unspecified atom stereocenters. The van der Waals surface area contributed by atoms with Crippen molar-refractivity contribution in [2.24, 2.45) is 11.8 Å². The van der Waals surface area contributed by atoms with E-state index in [-0.39, 0.29) is 6.04 Å². The summed E-state index contributed by atoms with van der Waals surface area (Å²) in [6, 6.07) is 6.22. The summed E-state index contributed by atoms with van der Waals surface area (Å²) in [5.74, 6) is 6.10. The van der Waals surface area contributed by atoms with Gasteiger partial charge in [0.2, 0.25) is 0 Å². The van der Waals surface area contributed by atoms with E-state index in [2.05, 4.69) is 24.3 Å². The molecule has 0 aliphatic rings. The zero-order valence-corrected chi connectivity index (χ0v) is 9.83. The van der Waals surface area contributed by atoms with Gasteiger partial charge >= 0.3 is 0 Å². The number of nitrogens with one attached hydrogen (secondary N) is 1. The van der Waals surface area contributed by atoms with E-state index >= 15 is 0 Å². The highest BCUT2D eigenvalue weighted by Gasteiger charge is 2.18. The summed E-state index contributed by atoms with van der Waals surface area (Å²) in [5.41, 5.74) is 4.95. The van der Waals surface area contributed by atoms with Gasteiger partial charge < -0.3 is 0 Å². The molecular weight excluding hydrogens is 186 g/mol. The molecule has 0 aliphatic carbocycles. The molecule has 0 aliphatic heterocycles. The van der Waals surface area contributed by atoms with Crippen LogP contribution < -0.4 is 11.3 Å². The molecule has 0 fully saturated rings. The number of nitrogens with zero attached hydrogens (tertiary/aromatic N) is 1. The van der Waals surface area contributed by atoms with Crippen molar-refractivity contribution >= 4 is 0 Å². The minimum atomic E-state index is 0.157. The van der Waals surface area contributed by atoms with Crippen LogP contribution in [-0.2, 0) is 0 Å². The van der Waals surface area contributed by atoms with E-state index in [9.17, 15) is 0 Å². The van der Waals surface area contributed by atoms with Crippen molar-refractivity contribution in [3.05, 3.63) is 29.6 Å². The average Bonchev–Trinajstić information content (AvgIpc) is 2.19. The van der Waals surface area contributed by atoms with Crippen molar-refractivity contribution < 1.29 is 0 Å². The highest BCUT2D eigenvalue weighted by atomic mass is 15.2. The van der Waals surface area contributed by atoms with E-state index in [0.717, 1.165) is 17.8 Å². The maximum atomic E-state index is 5.60. The van der Waals surface area contributed by atoms with E-state index in [0.29, 0.717) is 5.92 Å². The van der Waals surface area contributed by atoms with Crippen LogP contribution in [0.4, 0.5) is 0 Å². The summed E-state index contributed by atoms with van der Waals surface area (Å²) >= 11 is 0. The summed E-state index contributed by atoms with van der Waals surface area (Å²) in [5, 5.41) is 0. The largest absolute Gasteiger partial charge is 0.271 e. The molecule has 15 heavy (non-hydrogen) atoms. The van der Waals surface area contributed by atoms with Crippen LogP contribution in [0.2, 0.25) is 0 Å². The molecule has 84 valence electrons. The third-order valence-corrected chi connectivity index (χ3v) is 2.72. The fraction of sp³-hybridized carbons (Fsp3) is 0.583. The van der Waals surface area contributed by atoms with E-state index in [1.54, 1.807) is 0 Å². The zero-order valence-electron chi connectivity index (χ0n) is 9.83. The Morgan fingerprint density at radius 2 is 2.20 bits per heavy atom. The third kappa shape index (κ3) is 3.29. The Kier molecular flexibility index (Phi) is 4.72. The Bertz CT molecular complexity index is 299. The van der Waals surface area contributed by atoms with Crippen molar-refractivity contribution in [1.82, 2.24) is 10.4 Å². The topological polar surface area (TPSA) is 50.9 Å². The molecule has 3 N–H and O–H groups in total. The van der Waals surface area contributed by atoms with Crippen LogP contribution >= 0.6 is 0 Å². The van der Waals surface area contributed by atoms with Crippen LogP contribution in [0.15, 0.2) is 18.2 Å². The van der Waals surface area contributed by atoms with Gasteiger partial charge in [0, 0.05) is 5.69 Å². The monoisotopic (exact) mass is 207 g/mol. The lowest BCUT2D eigenvalue weighted by Crippen LogP contribution is -2.33. The second-order valence-electron chi connectivity index (χ2n) is 4.11. The molecule has 0 saturated carbocycles. The highest BCUT2D eigenvalue weighted by molar-refractivity contribution is 5.13. The summed E-state index contributed by atoms with van der Waals surface area (Å²) in [4.78, 5) is 4.51. The predicted molar refractivity (Wildman–Crippen MR) is 63.1 cm³/mol. The Labute approximate surface area is 92.1 Å². The molecule has 1 heterocycles. The summed E-state index contributed by atoms with van der Waals surface area (Å²) < 4.78 is 0. The van der Waals surface area contributed by atoms with Crippen LogP contribution in [0.25, 0.3) is 0 Å². The third-order valence-electron chi connectivity index (χ3n) is 2.72. The molecule has 0 aromatic carbocycles. The molecule has 0 radical (unpaired) electrons. The Hall–Kier alpha value is -0.930. The number of hydrazine groups is 1. The fourth-order valence-electron chi connectivity index (χ4n) is 1.90. The lowest BCUT2D eigenvalue weighted by Gasteiger charge is -2.22. The van der Waals surface area contributed by atoms with Crippen molar-refractivity contribution in [2.45, 2.75) is 39.7 Å². The SMILES string of the molecule is CCCC(C)C(NN)c1cccc(C)n1. The molecule has 1 aromatic heterocycles. The second kappa shape index (κ2) is 5.83. The average molecular weight is 207 g/mol. The van der Waals surface area contributed by atoms with Gasteiger partial charge in [-0.25, -0.2) is 0 Å². The van der Waals surface area contributed by atoms with Crippen LogP contribution in [0.3, 0.4) is 0 Å². The first-order valence-electron chi connectivity index (χ1n) is 5.58. The van der Waals surface area contributed by atoms with Gasteiger partial charge in [-0.3, -0.25) is 16.3 Å². The van der Waals surface area contributed by atoms with Gasteiger partial charge in [0.15, 0.2) is 0 Å². The first kappa shape index (κ1) is 12.1. The summed E-state index contributed by atoms with van der Waals surface area (Å²) in [6.07, 6.45) is 2.33. The Balaban J connectivity index is 2.82. The first-order chi connectivity index (χ1) is 7.19. The van der Waals surface area contributed by atoms with Crippen molar-refractivity contribution in [1.29, 1.82) is 0 Å². The number of nitrogens with two attached hydrogens (primary N) is 1. The van der Waals surface area contributed by atoms with Gasteiger partial charge in [0.1, 0.15) is 0 Å². The van der Waals surface area contributed by atoms with Gasteiger partial charge in [-0.2, -0.15) is 0 Å². The van der Waals surface area contributed by atoms with E-state index < -0.39 is 0 Å². The smallest absolute Gasteiger partial charge is 0.0657 e. The molecule has 1 rings (SSSR count). The number of hydrogen-bond acceptors (Lipinski definition) is 3. The van der Waals surface area contributed by atoms with Crippen LogP contribution in [0.1, 0.15) is 44.1 Å². The minimum absolute atomic E-state index is 0.157. The first-order valence-corrected chi connectivity index (χ1v) is 5.58. The Morgan fingerprint density at radius 1 is 1.47 bits per heavy atom. The predicted octanol–water partition coefficient (Wildman–Crippen LogP) is 2.33. The van der Waals surface area contributed by atoms with E-state index in [1.165, 1.54) is 6.42 Å². The number of aryl methyl sites for hydroxylation is 1. The van der Waals surface area contributed by atoms with Crippen LogP contribution in [0.5, 0.6) is 0 Å². The summed E-state index contributed by atoms with van der Waals surface area (Å²) in [6.45, 7) is 6.40. The van der Waals surface area contributed by atoms with Crippen molar-refractivity contribution in [3.63, 3.8) is 0 Å². The van der Waals surface area contributed by atoms with Gasteiger partial charge in [0.05, 0.1) is 11.7 Å². The number of pyridine rings is 1. The zero-order chi connectivity index (χ0) is 11.3. The van der Waals surface area contributed by atoms with Gasteiger partial charge in [-0.05, 0) is 31.4 Å². The maximum Gasteiger partial charge on any atom is 0.0657 e. The molecule has 3 nitrogen and oxygen atoms in total. The van der Waals surface area contributed by atoms with E-state index in [1.807, 2.05) is 25.1 Å². The fourth-order valence-corrected chi connectivity index (χ4v) is 1.90. The molecule has 0 amide bonds. The quantitative estimate of drug-likeness (QED) is 0.575. The second-order valence-corrected chi connectivity index (χ2v) is 4.11. The van der Waals surface area contributed by atoms with Gasteiger partial charge in [-0.1, -0.05) is 26.3 Å². The number of hydrogen-bond donors (Lipinski definition) is 2. The lowest BCUT2D eigenvalue weighted by atomic mass is 9.94. The molecule has 0 saturated heterocycles. The molecule has 0 bridgehead atoms. The normalized spacial score (nSPS) is 14.9. The van der Waals surface area contributed by atoms with Gasteiger partial charge in [-0.15, -0.1) is 0 Å². The Morgan fingerprint density at radius 3 is 2.73 bits per heavy atom.